The van der Waals surface area contributed by atoms with Gasteiger partial charge in [-0.1, -0.05) is 0 Å². The second-order valence-electron chi connectivity index (χ2n) is 5.35. The zero-order valence-electron chi connectivity index (χ0n) is 12.0. The van der Waals surface area contributed by atoms with Gasteiger partial charge in [0, 0.05) is 63.9 Å². The van der Waals surface area contributed by atoms with Crippen molar-refractivity contribution in [1.29, 1.82) is 0 Å². The molecule has 0 amide bonds. The number of hydrogen-bond donors (Lipinski definition) is 0. The van der Waals surface area contributed by atoms with Gasteiger partial charge in [-0.15, -0.1) is 0 Å². The van der Waals surface area contributed by atoms with Crippen molar-refractivity contribution in [3.8, 4) is 0 Å². The first-order chi connectivity index (χ1) is 9.70. The van der Waals surface area contributed by atoms with Crippen LogP contribution in [0.15, 0.2) is 24.8 Å². The summed E-state index contributed by atoms with van der Waals surface area (Å²) in [4.78, 5) is 13.5. The van der Waals surface area contributed by atoms with Gasteiger partial charge in [0.1, 0.15) is 0 Å². The Morgan fingerprint density at radius 2 is 1.75 bits per heavy atom. The predicted octanol–water partition coefficient (Wildman–Crippen LogP) is 0.841. The molecule has 106 valence electrons. The summed E-state index contributed by atoms with van der Waals surface area (Å²) in [7, 11) is 1.95. The van der Waals surface area contributed by atoms with Crippen molar-refractivity contribution >= 4 is 5.95 Å². The van der Waals surface area contributed by atoms with Gasteiger partial charge in [-0.05, 0) is 12.5 Å². The molecular formula is C14H20N6. The highest BCUT2D eigenvalue weighted by Gasteiger charge is 2.19. The number of piperazine rings is 1. The van der Waals surface area contributed by atoms with Crippen molar-refractivity contribution in [3.63, 3.8) is 0 Å². The Balaban J connectivity index is 1.55. The van der Waals surface area contributed by atoms with E-state index in [-0.39, 0.29) is 0 Å². The molecular weight excluding hydrogens is 252 g/mol. The number of aryl methyl sites for hydroxylation is 2. The van der Waals surface area contributed by atoms with Crippen LogP contribution in [0.25, 0.3) is 0 Å². The van der Waals surface area contributed by atoms with Crippen LogP contribution in [-0.2, 0) is 13.6 Å². The first-order valence-electron chi connectivity index (χ1n) is 6.94. The number of hydrogen-bond acceptors (Lipinski definition) is 5. The van der Waals surface area contributed by atoms with Gasteiger partial charge >= 0.3 is 0 Å². The molecule has 0 unspecified atom stereocenters. The van der Waals surface area contributed by atoms with Crippen LogP contribution < -0.4 is 4.90 Å². The van der Waals surface area contributed by atoms with E-state index in [4.69, 9.17) is 0 Å². The third kappa shape index (κ3) is 2.96. The quantitative estimate of drug-likeness (QED) is 0.829. The molecule has 3 rings (SSSR count). The lowest BCUT2D eigenvalue weighted by molar-refractivity contribution is 0.248. The molecule has 1 aliphatic rings. The SMILES string of the molecule is Cc1cnc(N2CCN(Cc3cnn(C)c3)CC2)nc1. The molecule has 1 aliphatic heterocycles. The van der Waals surface area contributed by atoms with E-state index in [1.165, 1.54) is 5.56 Å². The van der Waals surface area contributed by atoms with Crippen molar-refractivity contribution in [2.24, 2.45) is 7.05 Å². The van der Waals surface area contributed by atoms with Crippen LogP contribution >= 0.6 is 0 Å². The average Bonchev–Trinajstić information content (AvgIpc) is 2.86. The van der Waals surface area contributed by atoms with Gasteiger partial charge in [-0.25, -0.2) is 9.97 Å². The topological polar surface area (TPSA) is 50.1 Å². The second kappa shape index (κ2) is 5.58. The van der Waals surface area contributed by atoms with Gasteiger partial charge in [0.15, 0.2) is 0 Å². The fourth-order valence-electron chi connectivity index (χ4n) is 2.47. The first kappa shape index (κ1) is 13.1. The Hall–Kier alpha value is -1.95. The summed E-state index contributed by atoms with van der Waals surface area (Å²) < 4.78 is 1.85. The van der Waals surface area contributed by atoms with Crippen molar-refractivity contribution in [2.45, 2.75) is 13.5 Å². The third-order valence-corrected chi connectivity index (χ3v) is 3.59. The maximum absolute atomic E-state index is 4.40. The Morgan fingerprint density at radius 1 is 1.05 bits per heavy atom. The molecule has 0 spiro atoms. The summed E-state index contributed by atoms with van der Waals surface area (Å²) in [5.41, 5.74) is 2.37. The summed E-state index contributed by atoms with van der Waals surface area (Å²) in [6.45, 7) is 7.00. The minimum absolute atomic E-state index is 0.844. The Morgan fingerprint density at radius 3 is 2.35 bits per heavy atom. The third-order valence-electron chi connectivity index (χ3n) is 3.59. The maximum Gasteiger partial charge on any atom is 0.225 e. The van der Waals surface area contributed by atoms with Crippen molar-refractivity contribution in [2.75, 3.05) is 31.1 Å². The van der Waals surface area contributed by atoms with E-state index >= 15 is 0 Å². The smallest absolute Gasteiger partial charge is 0.225 e. The first-order valence-corrected chi connectivity index (χ1v) is 6.94. The van der Waals surface area contributed by atoms with Gasteiger partial charge in [0.25, 0.3) is 0 Å². The number of anilines is 1. The zero-order chi connectivity index (χ0) is 13.9. The Kier molecular flexibility index (Phi) is 3.64. The molecule has 1 fully saturated rings. The summed E-state index contributed by atoms with van der Waals surface area (Å²) in [5.74, 6) is 0.844. The van der Waals surface area contributed by atoms with E-state index in [2.05, 4.69) is 31.1 Å². The summed E-state index contributed by atoms with van der Waals surface area (Å²) in [6.07, 6.45) is 7.78. The van der Waals surface area contributed by atoms with Crippen LogP contribution in [0.2, 0.25) is 0 Å². The summed E-state index contributed by atoms with van der Waals surface area (Å²) in [6, 6.07) is 0. The maximum atomic E-state index is 4.40. The van der Waals surface area contributed by atoms with Gasteiger partial charge in [0.05, 0.1) is 6.20 Å². The van der Waals surface area contributed by atoms with E-state index in [0.717, 1.165) is 44.2 Å². The lowest BCUT2D eigenvalue weighted by Crippen LogP contribution is -2.46. The van der Waals surface area contributed by atoms with Crippen molar-refractivity contribution < 1.29 is 0 Å². The molecule has 0 aliphatic carbocycles. The molecule has 1 saturated heterocycles. The Labute approximate surface area is 119 Å². The minimum atomic E-state index is 0.844. The fraction of sp³-hybridized carbons (Fsp3) is 0.500. The molecule has 20 heavy (non-hydrogen) atoms. The van der Waals surface area contributed by atoms with Crippen molar-refractivity contribution in [3.05, 3.63) is 35.9 Å². The molecule has 6 nitrogen and oxygen atoms in total. The highest BCUT2D eigenvalue weighted by Crippen LogP contribution is 2.12. The van der Waals surface area contributed by atoms with E-state index in [1.54, 1.807) is 0 Å². The number of rotatable bonds is 3. The fourth-order valence-corrected chi connectivity index (χ4v) is 2.47. The largest absolute Gasteiger partial charge is 0.338 e. The van der Waals surface area contributed by atoms with Crippen LogP contribution in [0, 0.1) is 6.92 Å². The molecule has 3 heterocycles. The van der Waals surface area contributed by atoms with Crippen molar-refractivity contribution in [1.82, 2.24) is 24.6 Å². The van der Waals surface area contributed by atoms with E-state index in [1.807, 2.05) is 37.2 Å². The summed E-state index contributed by atoms with van der Waals surface area (Å²) in [5, 5.41) is 4.21. The molecule has 0 bridgehead atoms. The lowest BCUT2D eigenvalue weighted by atomic mass is 10.2. The minimum Gasteiger partial charge on any atom is -0.338 e. The molecule has 0 radical (unpaired) electrons. The monoisotopic (exact) mass is 272 g/mol. The van der Waals surface area contributed by atoms with E-state index < -0.39 is 0 Å². The average molecular weight is 272 g/mol. The highest BCUT2D eigenvalue weighted by atomic mass is 15.3. The zero-order valence-corrected chi connectivity index (χ0v) is 12.0. The van der Waals surface area contributed by atoms with E-state index in [0.29, 0.717) is 0 Å². The van der Waals surface area contributed by atoms with Gasteiger partial charge in [0.2, 0.25) is 5.95 Å². The van der Waals surface area contributed by atoms with Gasteiger partial charge in [-0.3, -0.25) is 9.58 Å². The van der Waals surface area contributed by atoms with Crippen LogP contribution in [0.1, 0.15) is 11.1 Å². The lowest BCUT2D eigenvalue weighted by Gasteiger charge is -2.34. The Bertz CT molecular complexity index is 553. The van der Waals surface area contributed by atoms with Crippen LogP contribution in [0.3, 0.4) is 0 Å². The van der Waals surface area contributed by atoms with E-state index in [9.17, 15) is 0 Å². The van der Waals surface area contributed by atoms with Gasteiger partial charge < -0.3 is 4.90 Å². The molecule has 6 heteroatoms. The summed E-state index contributed by atoms with van der Waals surface area (Å²) >= 11 is 0. The molecule has 0 aromatic carbocycles. The number of nitrogens with zero attached hydrogens (tertiary/aromatic N) is 6. The molecule has 0 saturated carbocycles. The second-order valence-corrected chi connectivity index (χ2v) is 5.35. The predicted molar refractivity (Wildman–Crippen MR) is 77.5 cm³/mol. The van der Waals surface area contributed by atoms with Crippen LogP contribution in [0.4, 0.5) is 5.95 Å². The number of aromatic nitrogens is 4. The molecule has 0 N–H and O–H groups in total. The standard InChI is InChI=1S/C14H20N6/c1-12-7-15-14(16-8-12)20-5-3-19(4-6-20)11-13-9-17-18(2)10-13/h7-10H,3-6,11H2,1-2H3. The van der Waals surface area contributed by atoms with Crippen LogP contribution in [0.5, 0.6) is 0 Å². The van der Waals surface area contributed by atoms with Gasteiger partial charge in [-0.2, -0.15) is 5.10 Å². The van der Waals surface area contributed by atoms with Crippen LogP contribution in [-0.4, -0.2) is 50.8 Å². The molecule has 2 aromatic rings. The normalized spacial score (nSPS) is 16.6. The molecule has 2 aromatic heterocycles. The molecule has 0 atom stereocenters. The highest BCUT2D eigenvalue weighted by molar-refractivity contribution is 5.30.